The maximum absolute atomic E-state index is 12.0. The lowest BCUT2D eigenvalue weighted by Crippen LogP contribution is -2.31. The topological polar surface area (TPSA) is 43.1 Å². The highest BCUT2D eigenvalue weighted by Crippen LogP contribution is 2.23. The molecule has 0 radical (unpaired) electrons. The van der Waals surface area contributed by atoms with Gasteiger partial charge in [-0.25, -0.2) is 0 Å². The molecule has 0 saturated heterocycles. The predicted molar refractivity (Wildman–Crippen MR) is 74.7 cm³/mol. The van der Waals surface area contributed by atoms with Gasteiger partial charge in [0.1, 0.15) is 0 Å². The molecule has 1 unspecified atom stereocenters. The van der Waals surface area contributed by atoms with E-state index in [1.807, 2.05) is 0 Å². The number of fused-ring (bicyclic) bond motifs is 1. The molecular weight excluding hydrogens is 222 g/mol. The molecule has 2 heteroatoms. The molecule has 0 fully saturated rings. The Morgan fingerprint density at radius 3 is 2.89 bits per heavy atom. The number of carbonyl (C=O) groups excluding carboxylic acids is 1. The Kier molecular flexibility index (Phi) is 4.54. The van der Waals surface area contributed by atoms with E-state index < -0.39 is 0 Å². The van der Waals surface area contributed by atoms with Gasteiger partial charge < -0.3 is 5.73 Å². The summed E-state index contributed by atoms with van der Waals surface area (Å²) in [5.41, 5.74) is 9.94. The summed E-state index contributed by atoms with van der Waals surface area (Å²) in [6.45, 7) is 2.12. The van der Waals surface area contributed by atoms with Crippen LogP contribution in [-0.2, 0) is 24.1 Å². The molecule has 0 aliphatic heterocycles. The number of unbranched alkanes of at least 4 members (excludes halogenated alkanes) is 1. The smallest absolute Gasteiger partial charge is 0.153 e. The number of carbonyl (C=O) groups is 1. The summed E-state index contributed by atoms with van der Waals surface area (Å²) in [6, 6.07) is 6.20. The molecule has 1 aliphatic carbocycles. The van der Waals surface area contributed by atoms with Crippen LogP contribution < -0.4 is 5.73 Å². The van der Waals surface area contributed by atoms with Crippen molar-refractivity contribution < 1.29 is 4.79 Å². The molecular formula is C16H23NO. The molecule has 1 aliphatic rings. The Labute approximate surface area is 110 Å². The minimum Gasteiger partial charge on any atom is -0.321 e. The second-order valence-corrected chi connectivity index (χ2v) is 5.35. The van der Waals surface area contributed by atoms with Crippen LogP contribution >= 0.6 is 0 Å². The molecule has 98 valence electrons. The largest absolute Gasteiger partial charge is 0.321 e. The second-order valence-electron chi connectivity index (χ2n) is 5.35. The predicted octanol–water partition coefficient (Wildman–Crippen LogP) is 2.80. The van der Waals surface area contributed by atoms with Gasteiger partial charge in [0.25, 0.3) is 0 Å². The van der Waals surface area contributed by atoms with Gasteiger partial charge in [-0.3, -0.25) is 4.79 Å². The van der Waals surface area contributed by atoms with Crippen LogP contribution in [-0.4, -0.2) is 11.8 Å². The standard InChI is InChI=1S/C16H23NO/c1-2-3-7-15(17)16(18)11-12-8-9-13-5-4-6-14(13)10-12/h8-10,15H,2-7,11,17H2,1H3. The lowest BCUT2D eigenvalue weighted by atomic mass is 9.98. The third kappa shape index (κ3) is 3.20. The monoisotopic (exact) mass is 245 g/mol. The van der Waals surface area contributed by atoms with Gasteiger partial charge in [0, 0.05) is 6.42 Å². The number of benzene rings is 1. The Hall–Kier alpha value is -1.15. The van der Waals surface area contributed by atoms with Crippen molar-refractivity contribution in [1.82, 2.24) is 0 Å². The van der Waals surface area contributed by atoms with Crippen LogP contribution in [0.1, 0.15) is 49.3 Å². The summed E-state index contributed by atoms with van der Waals surface area (Å²) in [5.74, 6) is 0.182. The lowest BCUT2D eigenvalue weighted by Gasteiger charge is -2.10. The van der Waals surface area contributed by atoms with Crippen molar-refractivity contribution in [1.29, 1.82) is 0 Å². The van der Waals surface area contributed by atoms with Gasteiger partial charge >= 0.3 is 0 Å². The molecule has 2 N–H and O–H groups in total. The normalized spacial score (nSPS) is 15.4. The van der Waals surface area contributed by atoms with Crippen molar-refractivity contribution in [3.8, 4) is 0 Å². The van der Waals surface area contributed by atoms with Gasteiger partial charge in [-0.1, -0.05) is 38.0 Å². The number of hydrogen-bond acceptors (Lipinski definition) is 2. The Bertz CT molecular complexity index is 425. The lowest BCUT2D eigenvalue weighted by molar-refractivity contribution is -0.119. The van der Waals surface area contributed by atoms with Crippen molar-refractivity contribution >= 4 is 5.78 Å². The molecule has 2 nitrogen and oxygen atoms in total. The molecule has 0 heterocycles. The van der Waals surface area contributed by atoms with Crippen molar-refractivity contribution in [3.05, 3.63) is 34.9 Å². The van der Waals surface area contributed by atoms with Crippen LogP contribution in [0.15, 0.2) is 18.2 Å². The quantitative estimate of drug-likeness (QED) is 0.837. The minimum absolute atomic E-state index is 0.182. The number of rotatable bonds is 6. The van der Waals surface area contributed by atoms with Crippen molar-refractivity contribution in [2.24, 2.45) is 5.73 Å². The van der Waals surface area contributed by atoms with Crippen LogP contribution in [0.25, 0.3) is 0 Å². The number of Topliss-reactive ketones (excluding diaryl/α,β-unsaturated/α-hetero) is 1. The zero-order valence-corrected chi connectivity index (χ0v) is 11.2. The van der Waals surface area contributed by atoms with Crippen molar-refractivity contribution in [2.75, 3.05) is 0 Å². The summed E-state index contributed by atoms with van der Waals surface area (Å²) in [5, 5.41) is 0. The zero-order valence-electron chi connectivity index (χ0n) is 11.2. The van der Waals surface area contributed by atoms with E-state index in [0.717, 1.165) is 24.8 Å². The molecule has 1 aromatic carbocycles. The molecule has 18 heavy (non-hydrogen) atoms. The Morgan fingerprint density at radius 2 is 2.11 bits per heavy atom. The number of nitrogens with two attached hydrogens (primary N) is 1. The van der Waals surface area contributed by atoms with Gasteiger partial charge in [0.2, 0.25) is 0 Å². The number of hydrogen-bond donors (Lipinski definition) is 1. The maximum atomic E-state index is 12.0. The van der Waals surface area contributed by atoms with E-state index in [-0.39, 0.29) is 11.8 Å². The zero-order chi connectivity index (χ0) is 13.0. The average molecular weight is 245 g/mol. The highest BCUT2D eigenvalue weighted by atomic mass is 16.1. The number of ketones is 1. The van der Waals surface area contributed by atoms with Crippen LogP contribution in [0, 0.1) is 0 Å². The van der Waals surface area contributed by atoms with Gasteiger partial charge in [-0.15, -0.1) is 0 Å². The Balaban J connectivity index is 1.94. The first-order chi connectivity index (χ1) is 8.70. The van der Waals surface area contributed by atoms with E-state index in [1.165, 1.54) is 30.4 Å². The summed E-state index contributed by atoms with van der Waals surface area (Å²) in [4.78, 5) is 12.0. The molecule has 0 bridgehead atoms. The van der Waals surface area contributed by atoms with Crippen LogP contribution in [0.2, 0.25) is 0 Å². The number of aryl methyl sites for hydroxylation is 2. The van der Waals surface area contributed by atoms with E-state index >= 15 is 0 Å². The molecule has 1 atom stereocenters. The fourth-order valence-corrected chi connectivity index (χ4v) is 2.65. The van der Waals surface area contributed by atoms with Gasteiger partial charge in [0.15, 0.2) is 5.78 Å². The third-order valence-corrected chi connectivity index (χ3v) is 3.82. The molecule has 0 spiro atoms. The molecule has 0 amide bonds. The first-order valence-corrected chi connectivity index (χ1v) is 7.09. The second kappa shape index (κ2) is 6.14. The van der Waals surface area contributed by atoms with Crippen LogP contribution in [0.5, 0.6) is 0 Å². The SMILES string of the molecule is CCCCC(N)C(=O)Cc1ccc2c(c1)CCC2. The highest BCUT2D eigenvalue weighted by Gasteiger charge is 2.15. The summed E-state index contributed by atoms with van der Waals surface area (Å²) in [7, 11) is 0. The molecule has 1 aromatic rings. The summed E-state index contributed by atoms with van der Waals surface area (Å²) >= 11 is 0. The third-order valence-electron chi connectivity index (χ3n) is 3.82. The fraction of sp³-hybridized carbons (Fsp3) is 0.562. The molecule has 2 rings (SSSR count). The first-order valence-electron chi connectivity index (χ1n) is 7.09. The minimum atomic E-state index is -0.279. The fourth-order valence-electron chi connectivity index (χ4n) is 2.65. The molecule has 0 aromatic heterocycles. The summed E-state index contributed by atoms with van der Waals surface area (Å²) in [6.07, 6.45) is 7.07. The van der Waals surface area contributed by atoms with E-state index in [0.29, 0.717) is 6.42 Å². The van der Waals surface area contributed by atoms with Crippen molar-refractivity contribution in [3.63, 3.8) is 0 Å². The summed E-state index contributed by atoms with van der Waals surface area (Å²) < 4.78 is 0. The van der Waals surface area contributed by atoms with Gasteiger partial charge in [-0.2, -0.15) is 0 Å². The highest BCUT2D eigenvalue weighted by molar-refractivity contribution is 5.85. The van der Waals surface area contributed by atoms with Crippen LogP contribution in [0.3, 0.4) is 0 Å². The molecule has 0 saturated carbocycles. The van der Waals surface area contributed by atoms with E-state index in [9.17, 15) is 4.79 Å². The average Bonchev–Trinajstić information content (AvgIpc) is 2.83. The van der Waals surface area contributed by atoms with Crippen LogP contribution in [0.4, 0.5) is 0 Å². The van der Waals surface area contributed by atoms with E-state index in [1.54, 1.807) is 0 Å². The first kappa shape index (κ1) is 13.3. The Morgan fingerprint density at radius 1 is 1.33 bits per heavy atom. The van der Waals surface area contributed by atoms with E-state index in [2.05, 4.69) is 25.1 Å². The van der Waals surface area contributed by atoms with Gasteiger partial charge in [0.05, 0.1) is 6.04 Å². The van der Waals surface area contributed by atoms with Crippen molar-refractivity contribution in [2.45, 2.75) is 57.9 Å². The van der Waals surface area contributed by atoms with Gasteiger partial charge in [-0.05, 0) is 42.4 Å². The maximum Gasteiger partial charge on any atom is 0.153 e. The van der Waals surface area contributed by atoms with E-state index in [4.69, 9.17) is 5.73 Å².